The molecule has 1 aromatic rings. The van der Waals surface area contributed by atoms with E-state index in [0.717, 1.165) is 0 Å². The molecule has 1 rings (SSSR count). The van der Waals surface area contributed by atoms with Gasteiger partial charge in [-0.2, -0.15) is 8.78 Å². The highest BCUT2D eigenvalue weighted by atomic mass is 32.2. The zero-order valence-corrected chi connectivity index (χ0v) is 8.47. The fourth-order valence-corrected chi connectivity index (χ4v) is 1.44. The van der Waals surface area contributed by atoms with Crippen LogP contribution in [0.25, 0.3) is 0 Å². The first-order valence-electron chi connectivity index (χ1n) is 4.03. The van der Waals surface area contributed by atoms with Gasteiger partial charge in [0.25, 0.3) is 10.0 Å². The van der Waals surface area contributed by atoms with E-state index in [2.05, 4.69) is 0 Å². The minimum atomic E-state index is -4.53. The molecule has 0 saturated heterocycles. The van der Waals surface area contributed by atoms with Crippen molar-refractivity contribution in [2.45, 2.75) is 12.3 Å². The average molecular weight is 236 g/mol. The highest BCUT2D eigenvalue weighted by Crippen LogP contribution is 2.08. The summed E-state index contributed by atoms with van der Waals surface area (Å²) in [6, 6.07) is 6.32. The number of rotatable bonds is 4. The van der Waals surface area contributed by atoms with Crippen LogP contribution in [-0.2, 0) is 16.6 Å². The quantitative estimate of drug-likeness (QED) is 0.763. The Morgan fingerprint density at radius 1 is 1.40 bits per heavy atom. The molecule has 0 aliphatic heterocycles. The van der Waals surface area contributed by atoms with Gasteiger partial charge in [-0.25, -0.2) is 13.1 Å². The number of hydrogen-bond acceptors (Lipinski definition) is 3. The largest absolute Gasteiger partial charge is 0.399 e. The van der Waals surface area contributed by atoms with Crippen LogP contribution in [0.3, 0.4) is 0 Å². The van der Waals surface area contributed by atoms with Gasteiger partial charge >= 0.3 is 5.76 Å². The Kier molecular flexibility index (Phi) is 3.59. The third-order valence-corrected chi connectivity index (χ3v) is 2.68. The molecule has 84 valence electrons. The minimum absolute atomic E-state index is 0.197. The normalized spacial score (nSPS) is 11.9. The van der Waals surface area contributed by atoms with E-state index in [0.29, 0.717) is 11.3 Å². The Hall–Kier alpha value is -1.21. The van der Waals surface area contributed by atoms with Gasteiger partial charge in [-0.3, -0.25) is 0 Å². The Balaban J connectivity index is 2.66. The van der Waals surface area contributed by atoms with E-state index in [1.807, 2.05) is 0 Å². The van der Waals surface area contributed by atoms with E-state index in [9.17, 15) is 17.2 Å². The van der Waals surface area contributed by atoms with E-state index in [4.69, 9.17) is 5.73 Å². The van der Waals surface area contributed by atoms with Crippen molar-refractivity contribution in [1.82, 2.24) is 4.72 Å². The highest BCUT2D eigenvalue weighted by Gasteiger charge is 2.22. The third kappa shape index (κ3) is 3.45. The summed E-state index contributed by atoms with van der Waals surface area (Å²) in [6.45, 7) is -0.197. The number of halogens is 2. The van der Waals surface area contributed by atoms with Crippen LogP contribution in [0.2, 0.25) is 0 Å². The maximum absolute atomic E-state index is 11.9. The summed E-state index contributed by atoms with van der Waals surface area (Å²) in [4.78, 5) is 0. The molecule has 0 heterocycles. The molecular formula is C8H10F2N2O2S. The summed E-state index contributed by atoms with van der Waals surface area (Å²) in [5, 5.41) is 0. The van der Waals surface area contributed by atoms with Crippen molar-refractivity contribution in [3.8, 4) is 0 Å². The van der Waals surface area contributed by atoms with Crippen molar-refractivity contribution < 1.29 is 17.2 Å². The summed E-state index contributed by atoms with van der Waals surface area (Å²) >= 11 is 0. The van der Waals surface area contributed by atoms with Crippen molar-refractivity contribution in [3.05, 3.63) is 29.8 Å². The van der Waals surface area contributed by atoms with Crippen LogP contribution in [0, 0.1) is 0 Å². The summed E-state index contributed by atoms with van der Waals surface area (Å²) in [7, 11) is -4.53. The number of hydrogen-bond donors (Lipinski definition) is 2. The zero-order chi connectivity index (χ0) is 11.5. The second-order valence-corrected chi connectivity index (χ2v) is 4.61. The number of nitrogens with one attached hydrogen (secondary N) is 1. The van der Waals surface area contributed by atoms with E-state index in [-0.39, 0.29) is 6.54 Å². The van der Waals surface area contributed by atoms with Gasteiger partial charge in [0.1, 0.15) is 0 Å². The molecule has 0 amide bonds. The molecular weight excluding hydrogens is 226 g/mol. The molecule has 0 saturated carbocycles. The molecule has 1 aromatic carbocycles. The third-order valence-electron chi connectivity index (χ3n) is 1.66. The Bertz CT molecular complexity index is 434. The molecule has 4 nitrogen and oxygen atoms in total. The molecule has 3 N–H and O–H groups in total. The summed E-state index contributed by atoms with van der Waals surface area (Å²) in [6.07, 6.45) is 0. The molecule has 0 aliphatic carbocycles. The first-order valence-corrected chi connectivity index (χ1v) is 5.57. The maximum atomic E-state index is 11.9. The van der Waals surface area contributed by atoms with Crippen LogP contribution in [0.4, 0.5) is 14.5 Å². The van der Waals surface area contributed by atoms with Crippen LogP contribution in [0.5, 0.6) is 0 Å². The minimum Gasteiger partial charge on any atom is -0.399 e. The standard InChI is InChI=1S/C8H10F2N2O2S/c9-8(10)15(13,14)12-5-6-2-1-3-7(11)4-6/h1-4,8,12H,5,11H2. The fourth-order valence-electron chi connectivity index (χ4n) is 0.950. The molecule has 15 heavy (non-hydrogen) atoms. The topological polar surface area (TPSA) is 72.2 Å². The number of alkyl halides is 2. The number of anilines is 1. The molecule has 0 fully saturated rings. The van der Waals surface area contributed by atoms with Crippen LogP contribution >= 0.6 is 0 Å². The average Bonchev–Trinajstić information content (AvgIpc) is 2.15. The van der Waals surface area contributed by atoms with Crippen LogP contribution < -0.4 is 10.5 Å². The van der Waals surface area contributed by atoms with Crippen molar-refractivity contribution in [2.75, 3.05) is 5.73 Å². The van der Waals surface area contributed by atoms with Gasteiger partial charge in [0, 0.05) is 12.2 Å². The fraction of sp³-hybridized carbons (Fsp3) is 0.250. The highest BCUT2D eigenvalue weighted by molar-refractivity contribution is 7.89. The first-order chi connectivity index (χ1) is 6.92. The molecule has 7 heteroatoms. The van der Waals surface area contributed by atoms with Crippen molar-refractivity contribution >= 4 is 15.7 Å². The Morgan fingerprint density at radius 3 is 2.60 bits per heavy atom. The Morgan fingerprint density at radius 2 is 2.07 bits per heavy atom. The SMILES string of the molecule is Nc1cccc(CNS(=O)(=O)C(F)F)c1. The second kappa shape index (κ2) is 4.54. The molecule has 0 bridgehead atoms. The lowest BCUT2D eigenvalue weighted by molar-refractivity contribution is 0.232. The molecule has 0 radical (unpaired) electrons. The van der Waals surface area contributed by atoms with Gasteiger partial charge in [0.05, 0.1) is 0 Å². The van der Waals surface area contributed by atoms with E-state index < -0.39 is 15.8 Å². The monoisotopic (exact) mass is 236 g/mol. The predicted octanol–water partition coefficient (Wildman–Crippen LogP) is 0.911. The number of sulfonamides is 1. The van der Waals surface area contributed by atoms with E-state index >= 15 is 0 Å². The molecule has 0 aliphatic rings. The van der Waals surface area contributed by atoms with Gasteiger partial charge in [-0.1, -0.05) is 12.1 Å². The Labute approximate surface area is 86.1 Å². The second-order valence-electron chi connectivity index (χ2n) is 2.87. The zero-order valence-electron chi connectivity index (χ0n) is 7.65. The lowest BCUT2D eigenvalue weighted by atomic mass is 10.2. The number of nitrogen functional groups attached to an aromatic ring is 1. The van der Waals surface area contributed by atoms with Gasteiger partial charge in [0.15, 0.2) is 0 Å². The van der Waals surface area contributed by atoms with Crippen molar-refractivity contribution in [3.63, 3.8) is 0 Å². The van der Waals surface area contributed by atoms with Crippen LogP contribution in [0.15, 0.2) is 24.3 Å². The molecule has 0 unspecified atom stereocenters. The van der Waals surface area contributed by atoms with Gasteiger partial charge < -0.3 is 5.73 Å². The molecule has 0 atom stereocenters. The summed E-state index contributed by atoms with van der Waals surface area (Å²) < 4.78 is 47.0. The summed E-state index contributed by atoms with van der Waals surface area (Å²) in [5.74, 6) is -3.42. The van der Waals surface area contributed by atoms with E-state index in [1.165, 1.54) is 6.07 Å². The van der Waals surface area contributed by atoms with Crippen LogP contribution in [0.1, 0.15) is 5.56 Å². The van der Waals surface area contributed by atoms with Gasteiger partial charge in [-0.05, 0) is 17.7 Å². The lowest BCUT2D eigenvalue weighted by Gasteiger charge is -2.05. The van der Waals surface area contributed by atoms with Crippen molar-refractivity contribution in [1.29, 1.82) is 0 Å². The molecule has 0 aromatic heterocycles. The number of benzene rings is 1. The molecule has 0 spiro atoms. The first kappa shape index (κ1) is 11.9. The smallest absolute Gasteiger partial charge is 0.350 e. The number of nitrogens with two attached hydrogens (primary N) is 1. The maximum Gasteiger partial charge on any atom is 0.350 e. The predicted molar refractivity (Wildman–Crippen MR) is 52.6 cm³/mol. The van der Waals surface area contributed by atoms with Crippen molar-refractivity contribution in [2.24, 2.45) is 0 Å². The van der Waals surface area contributed by atoms with Crippen LogP contribution in [-0.4, -0.2) is 14.2 Å². The van der Waals surface area contributed by atoms with Gasteiger partial charge in [-0.15, -0.1) is 0 Å². The van der Waals surface area contributed by atoms with Gasteiger partial charge in [0.2, 0.25) is 0 Å². The summed E-state index contributed by atoms with van der Waals surface area (Å²) in [5.41, 5.74) is 6.41. The lowest BCUT2D eigenvalue weighted by Crippen LogP contribution is -2.28. The van der Waals surface area contributed by atoms with E-state index in [1.54, 1.807) is 22.9 Å².